The molecule has 0 saturated heterocycles. The molecule has 0 aromatic carbocycles. The van der Waals surface area contributed by atoms with Gasteiger partial charge in [0.15, 0.2) is 0 Å². The van der Waals surface area contributed by atoms with Gasteiger partial charge in [0.1, 0.15) is 11.5 Å². The molecule has 94 valence electrons. The van der Waals surface area contributed by atoms with Crippen LogP contribution in [0.25, 0.3) is 0 Å². The van der Waals surface area contributed by atoms with Gasteiger partial charge in [0.05, 0.1) is 17.1 Å². The van der Waals surface area contributed by atoms with Gasteiger partial charge < -0.3 is 15.1 Å². The normalized spacial score (nSPS) is 10.4. The van der Waals surface area contributed by atoms with Crippen molar-refractivity contribution in [1.29, 1.82) is 0 Å². The molecule has 1 amide bonds. The number of nitrogens with two attached hydrogens (primary N) is 1. The van der Waals surface area contributed by atoms with Gasteiger partial charge in [0.25, 0.3) is 5.91 Å². The van der Waals surface area contributed by atoms with Gasteiger partial charge in [-0.25, -0.2) is 0 Å². The summed E-state index contributed by atoms with van der Waals surface area (Å²) in [4.78, 5) is 14.3. The van der Waals surface area contributed by atoms with Crippen molar-refractivity contribution in [3.8, 4) is 0 Å². The molecule has 4 nitrogen and oxygen atoms in total. The van der Waals surface area contributed by atoms with Crippen LogP contribution >= 0.6 is 12.2 Å². The van der Waals surface area contributed by atoms with Gasteiger partial charge in [-0.15, -0.1) is 0 Å². The summed E-state index contributed by atoms with van der Waals surface area (Å²) >= 11 is 4.84. The van der Waals surface area contributed by atoms with Crippen molar-refractivity contribution in [2.75, 3.05) is 13.1 Å². The maximum Gasteiger partial charge on any atom is 0.258 e. The maximum atomic E-state index is 12.3. The zero-order valence-corrected chi connectivity index (χ0v) is 11.5. The van der Waals surface area contributed by atoms with Gasteiger partial charge in [-0.1, -0.05) is 12.2 Å². The van der Waals surface area contributed by atoms with Crippen LogP contribution in [0.3, 0.4) is 0 Å². The molecule has 1 aromatic rings. The zero-order chi connectivity index (χ0) is 13.2. The second-order valence-electron chi connectivity index (χ2n) is 4.00. The van der Waals surface area contributed by atoms with E-state index in [1.165, 1.54) is 0 Å². The first-order valence-electron chi connectivity index (χ1n) is 5.52. The summed E-state index contributed by atoms with van der Waals surface area (Å²) in [6, 6.07) is 0. The summed E-state index contributed by atoms with van der Waals surface area (Å²) in [5.41, 5.74) is 6.99. The number of carbonyl (C=O) groups excluding carboxylic acids is 1. The van der Waals surface area contributed by atoms with Crippen molar-refractivity contribution in [3.05, 3.63) is 22.6 Å². The molecule has 0 fully saturated rings. The monoisotopic (exact) mass is 254 g/mol. The molecule has 0 aliphatic rings. The lowest BCUT2D eigenvalue weighted by atomic mass is 10.1. The smallest absolute Gasteiger partial charge is 0.258 e. The average molecular weight is 254 g/mol. The van der Waals surface area contributed by atoms with Crippen LogP contribution in [-0.4, -0.2) is 28.9 Å². The number of carbonyl (C=O) groups is 1. The highest BCUT2D eigenvalue weighted by atomic mass is 32.1. The molecule has 0 spiro atoms. The molecule has 17 heavy (non-hydrogen) atoms. The van der Waals surface area contributed by atoms with Crippen molar-refractivity contribution in [2.45, 2.75) is 27.7 Å². The zero-order valence-electron chi connectivity index (χ0n) is 10.7. The number of thiocarbonyl (C=S) groups is 1. The Kier molecular flexibility index (Phi) is 4.28. The number of hydrogen-bond donors (Lipinski definition) is 1. The summed E-state index contributed by atoms with van der Waals surface area (Å²) in [6.07, 6.45) is 0. The van der Waals surface area contributed by atoms with Gasteiger partial charge in [-0.3, -0.25) is 4.79 Å². The molecule has 1 heterocycles. The third-order valence-corrected chi connectivity index (χ3v) is 2.92. The standard InChI is InChI=1S/C12H18N2O2S/c1-5-14(6-10(13)17)12(15)11-7(2)8(3)16-9(11)4/h5-6H2,1-4H3,(H2,13,17). The van der Waals surface area contributed by atoms with E-state index in [0.29, 0.717) is 29.4 Å². The fourth-order valence-electron chi connectivity index (χ4n) is 1.78. The molecule has 5 heteroatoms. The summed E-state index contributed by atoms with van der Waals surface area (Å²) < 4.78 is 5.45. The Bertz CT molecular complexity index is 452. The van der Waals surface area contributed by atoms with E-state index in [1.807, 2.05) is 20.8 Å². The predicted molar refractivity (Wildman–Crippen MR) is 71.3 cm³/mol. The largest absolute Gasteiger partial charge is 0.466 e. The van der Waals surface area contributed by atoms with E-state index in [9.17, 15) is 4.79 Å². The summed E-state index contributed by atoms with van der Waals surface area (Å²) in [7, 11) is 0. The van der Waals surface area contributed by atoms with Crippen LogP contribution < -0.4 is 5.73 Å². The maximum absolute atomic E-state index is 12.3. The van der Waals surface area contributed by atoms with E-state index in [1.54, 1.807) is 11.8 Å². The fourth-order valence-corrected chi connectivity index (χ4v) is 1.94. The molecule has 0 saturated carbocycles. The first-order valence-corrected chi connectivity index (χ1v) is 5.93. The van der Waals surface area contributed by atoms with Crippen molar-refractivity contribution in [2.24, 2.45) is 5.73 Å². The molecule has 0 unspecified atom stereocenters. The van der Waals surface area contributed by atoms with Crippen LogP contribution in [0, 0.1) is 20.8 Å². The minimum absolute atomic E-state index is 0.0767. The summed E-state index contributed by atoms with van der Waals surface area (Å²) in [5, 5.41) is 0. The number of aryl methyl sites for hydroxylation is 2. The Labute approximate surface area is 107 Å². The topological polar surface area (TPSA) is 59.5 Å². The number of amides is 1. The van der Waals surface area contributed by atoms with Crippen molar-refractivity contribution in [3.63, 3.8) is 0 Å². The van der Waals surface area contributed by atoms with E-state index in [4.69, 9.17) is 22.4 Å². The molecule has 0 atom stereocenters. The summed E-state index contributed by atoms with van der Waals surface area (Å²) in [6.45, 7) is 8.29. The van der Waals surface area contributed by atoms with Crippen LogP contribution in [0.4, 0.5) is 0 Å². The van der Waals surface area contributed by atoms with E-state index in [2.05, 4.69) is 0 Å². The molecule has 1 aromatic heterocycles. The fraction of sp³-hybridized carbons (Fsp3) is 0.500. The minimum Gasteiger partial charge on any atom is -0.466 e. The SMILES string of the molecule is CCN(CC(N)=S)C(=O)c1c(C)oc(C)c1C. The van der Waals surface area contributed by atoms with E-state index in [0.717, 1.165) is 11.3 Å². The molecular formula is C12H18N2O2S. The van der Waals surface area contributed by atoms with Gasteiger partial charge in [0.2, 0.25) is 0 Å². The van der Waals surface area contributed by atoms with Crippen LogP contribution in [0.5, 0.6) is 0 Å². The Morgan fingerprint density at radius 3 is 2.29 bits per heavy atom. The molecule has 0 radical (unpaired) electrons. The summed E-state index contributed by atoms with van der Waals surface area (Å²) in [5.74, 6) is 1.34. The molecular weight excluding hydrogens is 236 g/mol. The molecule has 0 aliphatic heterocycles. The Hall–Kier alpha value is -1.36. The number of likely N-dealkylation sites (N-methyl/N-ethyl adjacent to an activating group) is 1. The van der Waals surface area contributed by atoms with Crippen molar-refractivity contribution in [1.82, 2.24) is 4.90 Å². The van der Waals surface area contributed by atoms with Crippen molar-refractivity contribution >= 4 is 23.1 Å². The highest BCUT2D eigenvalue weighted by molar-refractivity contribution is 7.80. The predicted octanol–water partition coefficient (Wildman–Crippen LogP) is 1.95. The second kappa shape index (κ2) is 5.31. The van der Waals surface area contributed by atoms with E-state index >= 15 is 0 Å². The third kappa shape index (κ3) is 2.85. The van der Waals surface area contributed by atoms with Gasteiger partial charge in [-0.2, -0.15) is 0 Å². The Morgan fingerprint density at radius 2 is 1.94 bits per heavy atom. The number of nitrogens with zero attached hydrogens (tertiary/aromatic N) is 1. The van der Waals surface area contributed by atoms with Crippen LogP contribution in [0.2, 0.25) is 0 Å². The van der Waals surface area contributed by atoms with Gasteiger partial charge in [-0.05, 0) is 27.7 Å². The lowest BCUT2D eigenvalue weighted by molar-refractivity contribution is 0.0785. The first-order chi connectivity index (χ1) is 7.88. The molecule has 0 aliphatic carbocycles. The third-order valence-electron chi connectivity index (χ3n) is 2.79. The lowest BCUT2D eigenvalue weighted by Gasteiger charge is -2.20. The Morgan fingerprint density at radius 1 is 1.35 bits per heavy atom. The van der Waals surface area contributed by atoms with Crippen LogP contribution in [-0.2, 0) is 0 Å². The quantitative estimate of drug-likeness (QED) is 0.834. The second-order valence-corrected chi connectivity index (χ2v) is 4.52. The first kappa shape index (κ1) is 13.7. The number of furan rings is 1. The molecule has 1 rings (SSSR count). The lowest BCUT2D eigenvalue weighted by Crippen LogP contribution is -2.37. The van der Waals surface area contributed by atoms with Gasteiger partial charge in [0, 0.05) is 12.1 Å². The van der Waals surface area contributed by atoms with Crippen LogP contribution in [0.15, 0.2) is 4.42 Å². The number of hydrogen-bond acceptors (Lipinski definition) is 3. The minimum atomic E-state index is -0.0767. The number of rotatable bonds is 4. The van der Waals surface area contributed by atoms with Crippen molar-refractivity contribution < 1.29 is 9.21 Å². The highest BCUT2D eigenvalue weighted by Crippen LogP contribution is 2.22. The Balaban J connectivity index is 3.05. The van der Waals surface area contributed by atoms with Crippen LogP contribution in [0.1, 0.15) is 34.4 Å². The molecule has 2 N–H and O–H groups in total. The molecule has 0 bridgehead atoms. The van der Waals surface area contributed by atoms with E-state index in [-0.39, 0.29) is 5.91 Å². The average Bonchev–Trinajstić information content (AvgIpc) is 2.48. The van der Waals surface area contributed by atoms with Gasteiger partial charge >= 0.3 is 0 Å². The highest BCUT2D eigenvalue weighted by Gasteiger charge is 2.23. The van der Waals surface area contributed by atoms with E-state index < -0.39 is 0 Å².